The van der Waals surface area contributed by atoms with Gasteiger partial charge in [-0.25, -0.2) is 9.59 Å². The van der Waals surface area contributed by atoms with E-state index in [-0.39, 0.29) is 12.3 Å². The maximum absolute atomic E-state index is 14.2. The van der Waals surface area contributed by atoms with E-state index in [2.05, 4.69) is 10.6 Å². The number of carbonyl (C=O) groups is 4. The zero-order valence-corrected chi connectivity index (χ0v) is 28.2. The van der Waals surface area contributed by atoms with E-state index in [4.69, 9.17) is 9.47 Å². The Bertz CT molecular complexity index is 1270. The number of alkyl carbamates (subject to hydrolysis) is 1. The van der Waals surface area contributed by atoms with Gasteiger partial charge in [0.25, 0.3) is 0 Å². The van der Waals surface area contributed by atoms with Crippen LogP contribution < -0.4 is 10.6 Å². The largest absolute Gasteiger partial charge is 0.458 e. The number of ether oxygens (including phenoxy) is 2. The number of benzene rings is 2. The molecule has 9 nitrogen and oxygen atoms in total. The molecule has 9 heteroatoms. The molecule has 0 saturated carbocycles. The van der Waals surface area contributed by atoms with Crippen molar-refractivity contribution in [1.82, 2.24) is 15.5 Å². The van der Waals surface area contributed by atoms with Crippen LogP contribution in [-0.2, 0) is 30.3 Å². The molecule has 0 heterocycles. The number of amides is 3. The Morgan fingerprint density at radius 1 is 0.795 bits per heavy atom. The molecule has 2 aromatic rings. The number of nitrogens with zero attached hydrogens (tertiary/aromatic N) is 1. The third-order valence-corrected chi connectivity index (χ3v) is 6.53. The van der Waals surface area contributed by atoms with Crippen LogP contribution in [0.3, 0.4) is 0 Å². The average molecular weight is 610 g/mol. The fourth-order valence-corrected chi connectivity index (χ4v) is 4.90. The van der Waals surface area contributed by atoms with Crippen molar-refractivity contribution in [3.63, 3.8) is 0 Å². The van der Waals surface area contributed by atoms with E-state index in [1.807, 2.05) is 76.2 Å². The summed E-state index contributed by atoms with van der Waals surface area (Å²) in [5.74, 6) is -1.52. The second-order valence-electron chi connectivity index (χ2n) is 13.9. The topological polar surface area (TPSA) is 114 Å². The molecule has 0 aliphatic carbocycles. The summed E-state index contributed by atoms with van der Waals surface area (Å²) in [6.07, 6.45) is -0.183. The molecule has 3 unspecified atom stereocenters. The van der Waals surface area contributed by atoms with Gasteiger partial charge < -0.3 is 25.0 Å². The van der Waals surface area contributed by atoms with E-state index in [1.165, 1.54) is 11.9 Å². The van der Waals surface area contributed by atoms with Gasteiger partial charge in [-0.05, 0) is 78.9 Å². The van der Waals surface area contributed by atoms with Crippen molar-refractivity contribution in [2.45, 2.75) is 111 Å². The normalized spacial score (nSPS) is 13.8. The number of aryl methyl sites for hydroxylation is 2. The lowest BCUT2D eigenvalue weighted by atomic mass is 9.97. The van der Waals surface area contributed by atoms with E-state index in [0.717, 1.165) is 16.7 Å². The van der Waals surface area contributed by atoms with Gasteiger partial charge in [0.2, 0.25) is 11.8 Å². The molecule has 0 saturated heterocycles. The van der Waals surface area contributed by atoms with Crippen molar-refractivity contribution < 1.29 is 28.7 Å². The molecule has 0 aromatic heterocycles. The zero-order chi connectivity index (χ0) is 33.4. The van der Waals surface area contributed by atoms with Crippen LogP contribution in [0.15, 0.2) is 48.5 Å². The highest BCUT2D eigenvalue weighted by Gasteiger charge is 2.37. The summed E-state index contributed by atoms with van der Waals surface area (Å²) in [6.45, 7) is 18.3. The van der Waals surface area contributed by atoms with Crippen molar-refractivity contribution in [2.75, 3.05) is 7.05 Å². The van der Waals surface area contributed by atoms with Gasteiger partial charge in [-0.1, -0.05) is 73.5 Å². The van der Waals surface area contributed by atoms with E-state index in [0.29, 0.717) is 12.0 Å². The van der Waals surface area contributed by atoms with E-state index in [1.54, 1.807) is 41.5 Å². The molecular formula is C35H51N3O6. The monoisotopic (exact) mass is 609 g/mol. The highest BCUT2D eigenvalue weighted by Crippen LogP contribution is 2.25. The van der Waals surface area contributed by atoms with Crippen LogP contribution in [-0.4, -0.2) is 59.1 Å². The van der Waals surface area contributed by atoms with Gasteiger partial charge in [0.05, 0.1) is 0 Å². The molecule has 44 heavy (non-hydrogen) atoms. The first kappa shape index (κ1) is 36.3. The molecule has 0 radical (unpaired) electrons. The summed E-state index contributed by atoms with van der Waals surface area (Å²) in [5, 5.41) is 5.61. The van der Waals surface area contributed by atoms with Crippen LogP contribution in [0.2, 0.25) is 0 Å². The molecule has 2 aromatic carbocycles. The number of hydrogen-bond donors (Lipinski definition) is 2. The highest BCUT2D eigenvalue weighted by molar-refractivity contribution is 5.94. The number of hydrogen-bond acceptors (Lipinski definition) is 6. The molecule has 242 valence electrons. The lowest BCUT2D eigenvalue weighted by molar-refractivity contribution is -0.159. The lowest BCUT2D eigenvalue weighted by Crippen LogP contribution is -2.54. The van der Waals surface area contributed by atoms with Crippen LogP contribution >= 0.6 is 0 Å². The van der Waals surface area contributed by atoms with Crippen molar-refractivity contribution >= 4 is 23.9 Å². The van der Waals surface area contributed by atoms with Crippen LogP contribution in [0, 0.1) is 19.8 Å². The summed E-state index contributed by atoms with van der Waals surface area (Å²) in [5.41, 5.74) is 1.73. The molecule has 0 fully saturated rings. The second kappa shape index (κ2) is 15.2. The third-order valence-electron chi connectivity index (χ3n) is 6.53. The molecule has 0 aliphatic rings. The predicted molar refractivity (Wildman–Crippen MR) is 172 cm³/mol. The Labute approximate surface area is 263 Å². The minimum atomic E-state index is -1.10. The molecule has 0 spiro atoms. The minimum absolute atomic E-state index is 0.0585. The van der Waals surface area contributed by atoms with E-state index in [9.17, 15) is 19.2 Å². The summed E-state index contributed by atoms with van der Waals surface area (Å²) in [7, 11) is 1.54. The number of likely N-dealkylation sites (N-methyl/N-ethyl adjacent to an activating group) is 1. The number of nitrogens with one attached hydrogen (secondary N) is 2. The molecule has 0 bridgehead atoms. The first-order chi connectivity index (χ1) is 20.3. The number of carbonyl (C=O) groups excluding carboxylic acids is 4. The fourth-order valence-electron chi connectivity index (χ4n) is 4.90. The Kier molecular flexibility index (Phi) is 12.6. The molecule has 3 amide bonds. The average Bonchev–Trinajstić information content (AvgIpc) is 2.85. The maximum Gasteiger partial charge on any atom is 0.408 e. The van der Waals surface area contributed by atoms with Gasteiger partial charge in [0.1, 0.15) is 29.3 Å². The highest BCUT2D eigenvalue weighted by atomic mass is 16.6. The quantitative estimate of drug-likeness (QED) is 0.311. The fraction of sp³-hybridized carbons (Fsp3) is 0.543. The first-order valence-electron chi connectivity index (χ1n) is 15.2. The Morgan fingerprint density at radius 3 is 1.84 bits per heavy atom. The molecule has 3 atom stereocenters. The van der Waals surface area contributed by atoms with Crippen LogP contribution in [0.25, 0.3) is 0 Å². The Hall–Kier alpha value is -3.88. The predicted octanol–water partition coefficient (Wildman–Crippen LogP) is 5.81. The number of esters is 1. The molecular weight excluding hydrogens is 558 g/mol. The molecule has 2 rings (SSSR count). The van der Waals surface area contributed by atoms with Crippen molar-refractivity contribution in [3.05, 3.63) is 70.8 Å². The van der Waals surface area contributed by atoms with Gasteiger partial charge in [0.15, 0.2) is 0 Å². The summed E-state index contributed by atoms with van der Waals surface area (Å²) in [4.78, 5) is 55.7. The molecule has 0 aliphatic heterocycles. The minimum Gasteiger partial charge on any atom is -0.458 e. The van der Waals surface area contributed by atoms with E-state index >= 15 is 0 Å². The van der Waals surface area contributed by atoms with Crippen molar-refractivity contribution in [3.8, 4) is 0 Å². The van der Waals surface area contributed by atoms with Crippen LogP contribution in [0.1, 0.15) is 90.1 Å². The SMILES string of the molecule is Cc1cc(C)cc(C(C(=O)NC(Cc2ccccc2)C(=O)OC(C)(C)C)N(C)C(=O)C(CC(C)C)NC(=O)OC(C)(C)C)c1. The zero-order valence-electron chi connectivity index (χ0n) is 28.2. The van der Waals surface area contributed by atoms with Gasteiger partial charge in [-0.3, -0.25) is 9.59 Å². The van der Waals surface area contributed by atoms with Gasteiger partial charge >= 0.3 is 12.1 Å². The van der Waals surface area contributed by atoms with Crippen LogP contribution in [0.4, 0.5) is 4.79 Å². The van der Waals surface area contributed by atoms with Crippen molar-refractivity contribution in [1.29, 1.82) is 0 Å². The summed E-state index contributed by atoms with van der Waals surface area (Å²) < 4.78 is 11.1. The van der Waals surface area contributed by atoms with E-state index < -0.39 is 53.2 Å². The Morgan fingerprint density at radius 2 is 1.34 bits per heavy atom. The smallest absolute Gasteiger partial charge is 0.408 e. The van der Waals surface area contributed by atoms with Gasteiger partial charge in [0, 0.05) is 13.5 Å². The summed E-state index contributed by atoms with van der Waals surface area (Å²) >= 11 is 0. The first-order valence-corrected chi connectivity index (χ1v) is 15.2. The van der Waals surface area contributed by atoms with Gasteiger partial charge in [-0.2, -0.15) is 0 Å². The summed E-state index contributed by atoms with van der Waals surface area (Å²) in [6, 6.07) is 12.0. The second-order valence-corrected chi connectivity index (χ2v) is 13.9. The number of rotatable bonds is 11. The molecule has 2 N–H and O–H groups in total. The third kappa shape index (κ3) is 12.0. The lowest BCUT2D eigenvalue weighted by Gasteiger charge is -2.33. The van der Waals surface area contributed by atoms with Crippen LogP contribution in [0.5, 0.6) is 0 Å². The maximum atomic E-state index is 14.2. The standard InChI is InChI=1S/C35H51N3O6/c1-22(2)17-27(37-33(42)44-35(8,9)10)31(40)38(11)29(26-19-23(3)18-24(4)20-26)30(39)36-28(32(41)43-34(5,6)7)21-25-15-13-12-14-16-25/h12-16,18-20,22,27-29H,17,21H2,1-11H3,(H,36,39)(H,37,42). The van der Waals surface area contributed by atoms with Gasteiger partial charge in [-0.15, -0.1) is 0 Å². The van der Waals surface area contributed by atoms with Crippen molar-refractivity contribution in [2.24, 2.45) is 5.92 Å². The Balaban J connectivity index is 2.52.